The molecule has 0 atom stereocenters. The maximum absolute atomic E-state index is 3.51. The van der Waals surface area contributed by atoms with Crippen LogP contribution in [0.15, 0.2) is 0 Å². The van der Waals surface area contributed by atoms with E-state index in [2.05, 4.69) is 22.9 Å². The van der Waals surface area contributed by atoms with Crippen molar-refractivity contribution in [2.24, 2.45) is 0 Å². The summed E-state index contributed by atoms with van der Waals surface area (Å²) in [5.41, 5.74) is 0. The Hall–Kier alpha value is 0.480. The second-order valence-electron chi connectivity index (χ2n) is 9.17. The summed E-state index contributed by atoms with van der Waals surface area (Å²) in [5.74, 6) is 0. The average Bonchev–Trinajstić information content (AvgIpc) is 2.71. The van der Waals surface area contributed by atoms with Crippen molar-refractivity contribution in [2.45, 2.75) is 167 Å². The van der Waals surface area contributed by atoms with Crippen LogP contribution in [0.5, 0.6) is 0 Å². The van der Waals surface area contributed by atoms with Gasteiger partial charge >= 0.3 is 0 Å². The van der Waals surface area contributed by atoms with Gasteiger partial charge in [0.15, 0.2) is 0 Å². The van der Waals surface area contributed by atoms with Gasteiger partial charge in [0.2, 0.25) is 0 Å². The summed E-state index contributed by atoms with van der Waals surface area (Å²) in [4.78, 5) is 0. The summed E-state index contributed by atoms with van der Waals surface area (Å²) in [5, 5.41) is 1.19. The molecule has 1 heteroatoms. The van der Waals surface area contributed by atoms with Gasteiger partial charge in [-0.2, -0.15) is 0 Å². The predicted molar refractivity (Wildman–Crippen MR) is 135 cm³/mol. The first-order valence-electron chi connectivity index (χ1n) is 13.5. The molecule has 170 valence electrons. The van der Waals surface area contributed by atoms with Crippen LogP contribution < -0.4 is 0 Å². The molecule has 0 bridgehead atoms. The third-order valence-electron chi connectivity index (χ3n) is 6.24. The molecule has 0 aliphatic carbocycles. The fourth-order valence-corrected chi connectivity index (χ4v) is 4.63. The molecule has 0 aromatic carbocycles. The summed E-state index contributed by atoms with van der Waals surface area (Å²) in [6.07, 6.45) is 36.7. The van der Waals surface area contributed by atoms with Crippen molar-refractivity contribution in [1.82, 2.24) is 0 Å². The molecule has 0 saturated heterocycles. The smallest absolute Gasteiger partial charge is 0.00313 e. The number of unbranched alkanes of at least 4 members (excludes halogenated alkanes) is 24. The summed E-state index contributed by atoms with van der Waals surface area (Å²) in [6.45, 7) is 2.30. The number of halogens is 1. The molecule has 0 rings (SSSR count). The molecule has 0 heterocycles. The van der Waals surface area contributed by atoms with Crippen LogP contribution in [-0.2, 0) is 0 Å². The van der Waals surface area contributed by atoms with Crippen molar-refractivity contribution >= 4 is 15.9 Å². The van der Waals surface area contributed by atoms with Gasteiger partial charge in [-0.1, -0.05) is 177 Å². The Bertz CT molecular complexity index is 225. The molecule has 0 N–H and O–H groups in total. The molecule has 28 heavy (non-hydrogen) atoms. The summed E-state index contributed by atoms with van der Waals surface area (Å²) in [6, 6.07) is 0. The van der Waals surface area contributed by atoms with Gasteiger partial charge in [-0.3, -0.25) is 0 Å². The molecular weight excluding hydrogens is 404 g/mol. The van der Waals surface area contributed by atoms with Crippen LogP contribution in [0.3, 0.4) is 0 Å². The maximum Gasteiger partial charge on any atom is 0.00313 e. The molecule has 0 aromatic heterocycles. The lowest BCUT2D eigenvalue weighted by atomic mass is 10.0. The zero-order chi connectivity index (χ0) is 20.4. The summed E-state index contributed by atoms with van der Waals surface area (Å²) < 4.78 is 0. The highest BCUT2D eigenvalue weighted by molar-refractivity contribution is 9.09. The molecule has 0 aliphatic rings. The Morgan fingerprint density at radius 2 is 0.464 bits per heavy atom. The third-order valence-corrected chi connectivity index (χ3v) is 6.80. The molecular formula is C27H55Br. The van der Waals surface area contributed by atoms with Crippen molar-refractivity contribution in [3.05, 3.63) is 0 Å². The van der Waals surface area contributed by atoms with Crippen LogP contribution in [-0.4, -0.2) is 5.33 Å². The Morgan fingerprint density at radius 1 is 0.286 bits per heavy atom. The van der Waals surface area contributed by atoms with E-state index >= 15 is 0 Å². The highest BCUT2D eigenvalue weighted by atomic mass is 79.9. The molecule has 0 unspecified atom stereocenters. The third kappa shape index (κ3) is 26.5. The van der Waals surface area contributed by atoms with Crippen molar-refractivity contribution in [1.29, 1.82) is 0 Å². The van der Waals surface area contributed by atoms with Crippen LogP contribution >= 0.6 is 15.9 Å². The summed E-state index contributed by atoms with van der Waals surface area (Å²) >= 11 is 3.51. The lowest BCUT2D eigenvalue weighted by Gasteiger charge is -2.04. The highest BCUT2D eigenvalue weighted by Gasteiger charge is 1.96. The standard InChI is InChI=1S/C27H55Br/c1-2-3-4-5-6-7-8-9-10-11-12-13-14-15-16-17-18-19-20-21-22-23-24-25-26-27-28/h2-27H2,1H3. The van der Waals surface area contributed by atoms with E-state index in [9.17, 15) is 0 Å². The van der Waals surface area contributed by atoms with E-state index in [0.717, 1.165) is 0 Å². The van der Waals surface area contributed by atoms with Gasteiger partial charge in [0.05, 0.1) is 0 Å². The Labute approximate surface area is 188 Å². The first-order chi connectivity index (χ1) is 13.9. The minimum atomic E-state index is 1.19. The highest BCUT2D eigenvalue weighted by Crippen LogP contribution is 2.15. The average molecular weight is 460 g/mol. The van der Waals surface area contributed by atoms with Crippen LogP contribution in [0.2, 0.25) is 0 Å². The monoisotopic (exact) mass is 458 g/mol. The Kier molecular flexibility index (Phi) is 28.0. The van der Waals surface area contributed by atoms with Gasteiger partial charge in [0.25, 0.3) is 0 Å². The summed E-state index contributed by atoms with van der Waals surface area (Å²) in [7, 11) is 0. The lowest BCUT2D eigenvalue weighted by molar-refractivity contribution is 0.517. The van der Waals surface area contributed by atoms with Gasteiger partial charge in [-0.15, -0.1) is 0 Å². The van der Waals surface area contributed by atoms with Gasteiger partial charge < -0.3 is 0 Å². The van der Waals surface area contributed by atoms with Crippen LogP contribution in [0.1, 0.15) is 167 Å². The largest absolute Gasteiger partial charge is 0.0928 e. The van der Waals surface area contributed by atoms with Crippen molar-refractivity contribution in [2.75, 3.05) is 5.33 Å². The fourth-order valence-electron chi connectivity index (χ4n) is 4.23. The maximum atomic E-state index is 3.51. The van der Waals surface area contributed by atoms with E-state index in [1.807, 2.05) is 0 Å². The number of hydrogen-bond acceptors (Lipinski definition) is 0. The van der Waals surface area contributed by atoms with E-state index < -0.39 is 0 Å². The van der Waals surface area contributed by atoms with Gasteiger partial charge in [0, 0.05) is 5.33 Å². The van der Waals surface area contributed by atoms with Crippen molar-refractivity contribution < 1.29 is 0 Å². The molecule has 0 fully saturated rings. The number of alkyl halides is 1. The van der Waals surface area contributed by atoms with Crippen LogP contribution in [0.4, 0.5) is 0 Å². The number of rotatable bonds is 25. The molecule has 0 radical (unpaired) electrons. The lowest BCUT2D eigenvalue weighted by Crippen LogP contribution is -1.84. The molecule has 0 saturated carbocycles. The van der Waals surface area contributed by atoms with Gasteiger partial charge in [-0.05, 0) is 6.42 Å². The van der Waals surface area contributed by atoms with E-state index in [0.29, 0.717) is 0 Å². The van der Waals surface area contributed by atoms with E-state index in [-0.39, 0.29) is 0 Å². The quantitative estimate of drug-likeness (QED) is 0.0940. The first kappa shape index (κ1) is 28.5. The van der Waals surface area contributed by atoms with E-state index in [1.165, 1.54) is 166 Å². The zero-order valence-electron chi connectivity index (χ0n) is 19.8. The molecule has 0 amide bonds. The molecule has 0 aromatic rings. The van der Waals surface area contributed by atoms with Gasteiger partial charge in [-0.25, -0.2) is 0 Å². The topological polar surface area (TPSA) is 0 Å². The Morgan fingerprint density at radius 3 is 0.643 bits per heavy atom. The number of hydrogen-bond donors (Lipinski definition) is 0. The second-order valence-corrected chi connectivity index (χ2v) is 9.97. The van der Waals surface area contributed by atoms with Crippen molar-refractivity contribution in [3.63, 3.8) is 0 Å². The first-order valence-corrected chi connectivity index (χ1v) is 14.6. The SMILES string of the molecule is CCCCCCCCCCCCCCCCCCCCCCCCCCCBr. The van der Waals surface area contributed by atoms with Crippen LogP contribution in [0, 0.1) is 0 Å². The molecule has 0 aliphatic heterocycles. The van der Waals surface area contributed by atoms with E-state index in [4.69, 9.17) is 0 Å². The molecule has 0 spiro atoms. The minimum absolute atomic E-state index is 1.19. The molecule has 0 nitrogen and oxygen atoms in total. The normalized spacial score (nSPS) is 11.4. The Balaban J connectivity index is 2.96. The second kappa shape index (κ2) is 27.5. The fraction of sp³-hybridized carbons (Fsp3) is 1.00. The van der Waals surface area contributed by atoms with Gasteiger partial charge in [0.1, 0.15) is 0 Å². The van der Waals surface area contributed by atoms with E-state index in [1.54, 1.807) is 0 Å². The predicted octanol–water partition coefficient (Wildman–Crippen LogP) is 11.2. The zero-order valence-corrected chi connectivity index (χ0v) is 21.3. The minimum Gasteiger partial charge on any atom is -0.0928 e. The van der Waals surface area contributed by atoms with Crippen molar-refractivity contribution in [3.8, 4) is 0 Å². The van der Waals surface area contributed by atoms with Crippen LogP contribution in [0.25, 0.3) is 0 Å².